The van der Waals surface area contributed by atoms with Gasteiger partial charge < -0.3 is 4.57 Å². The minimum absolute atomic E-state index is 0.269. The van der Waals surface area contributed by atoms with E-state index in [9.17, 15) is 13.7 Å². The number of nitrogens with zero attached hydrogens (tertiary/aromatic N) is 2. The minimum atomic E-state index is -3.29. The van der Waals surface area contributed by atoms with E-state index in [4.69, 9.17) is 11.6 Å². The van der Waals surface area contributed by atoms with Crippen LogP contribution in [-0.4, -0.2) is 18.2 Å². The lowest BCUT2D eigenvalue weighted by atomic mass is 10.1. The smallest absolute Gasteiger partial charge is 0.235 e. The molecule has 0 radical (unpaired) electrons. The van der Waals surface area contributed by atoms with Crippen LogP contribution in [0, 0.1) is 11.3 Å². The van der Waals surface area contributed by atoms with Gasteiger partial charge >= 0.3 is 0 Å². The molecule has 0 spiro atoms. The number of rotatable bonds is 5. The number of fused-ring (bicyclic) bond motifs is 1. The third kappa shape index (κ3) is 3.18. The molecule has 1 fully saturated rings. The van der Waals surface area contributed by atoms with E-state index in [-0.39, 0.29) is 5.25 Å². The first-order chi connectivity index (χ1) is 12.9. The molecule has 1 aromatic heterocycles. The highest BCUT2D eigenvalue weighted by molar-refractivity contribution is 7.93. The van der Waals surface area contributed by atoms with Gasteiger partial charge in [0.2, 0.25) is 10.0 Å². The molecule has 0 unspecified atom stereocenters. The monoisotopic (exact) mass is 399 g/mol. The van der Waals surface area contributed by atoms with E-state index >= 15 is 0 Å². The molecule has 0 saturated heterocycles. The standard InChI is InChI=1S/C20H18ClN3O2S/c1-2-24-19-10-5-14(21)11-17(19)18(12-22)20(24)13-3-6-15(7-4-13)23-27(25,26)16-8-9-16/h3-7,10-11,16,23H,2,8-9H2,1H3. The number of benzene rings is 2. The van der Waals surface area contributed by atoms with Crippen molar-refractivity contribution in [2.45, 2.75) is 31.6 Å². The Hall–Kier alpha value is -2.49. The first-order valence-corrected chi connectivity index (χ1v) is 10.7. The summed E-state index contributed by atoms with van der Waals surface area (Å²) in [4.78, 5) is 0. The molecular weight excluding hydrogens is 382 g/mol. The molecule has 0 aliphatic heterocycles. The van der Waals surface area contributed by atoms with Gasteiger partial charge in [-0.05, 0) is 55.7 Å². The molecule has 7 heteroatoms. The number of hydrogen-bond acceptors (Lipinski definition) is 3. The molecule has 1 aliphatic carbocycles. The Balaban J connectivity index is 1.79. The maximum atomic E-state index is 12.1. The molecule has 0 amide bonds. The number of aromatic nitrogens is 1. The van der Waals surface area contributed by atoms with Gasteiger partial charge in [0.15, 0.2) is 0 Å². The zero-order chi connectivity index (χ0) is 19.2. The topological polar surface area (TPSA) is 74.9 Å². The van der Waals surface area contributed by atoms with Crippen LogP contribution in [0.2, 0.25) is 5.02 Å². The SMILES string of the molecule is CCn1c(-c2ccc(NS(=O)(=O)C3CC3)cc2)c(C#N)c2cc(Cl)ccc21. The van der Waals surface area contributed by atoms with Crippen molar-refractivity contribution in [2.75, 3.05) is 4.72 Å². The maximum absolute atomic E-state index is 12.1. The van der Waals surface area contributed by atoms with Crippen LogP contribution in [0.3, 0.4) is 0 Å². The summed E-state index contributed by atoms with van der Waals surface area (Å²) in [7, 11) is -3.29. The molecule has 4 rings (SSSR count). The fraction of sp³-hybridized carbons (Fsp3) is 0.250. The first kappa shape index (κ1) is 17.9. The van der Waals surface area contributed by atoms with Crippen molar-refractivity contribution in [3.63, 3.8) is 0 Å². The summed E-state index contributed by atoms with van der Waals surface area (Å²) in [5, 5.41) is 10.9. The number of hydrogen-bond donors (Lipinski definition) is 1. The normalized spacial score (nSPS) is 14.3. The van der Waals surface area contributed by atoms with Gasteiger partial charge in [-0.15, -0.1) is 0 Å². The number of aryl methyl sites for hydroxylation is 1. The average molecular weight is 400 g/mol. The van der Waals surface area contributed by atoms with Crippen LogP contribution >= 0.6 is 11.6 Å². The number of anilines is 1. The Morgan fingerprint density at radius 1 is 1.22 bits per heavy atom. The van der Waals surface area contributed by atoms with Crippen LogP contribution in [0.15, 0.2) is 42.5 Å². The zero-order valence-electron chi connectivity index (χ0n) is 14.7. The Bertz CT molecular complexity index is 1170. The molecule has 3 aromatic rings. The van der Waals surface area contributed by atoms with Gasteiger partial charge in [-0.25, -0.2) is 8.42 Å². The fourth-order valence-corrected chi connectivity index (χ4v) is 4.95. The lowest BCUT2D eigenvalue weighted by Crippen LogP contribution is -2.17. The van der Waals surface area contributed by atoms with Crippen molar-refractivity contribution in [1.82, 2.24) is 4.57 Å². The quantitative estimate of drug-likeness (QED) is 0.672. The second-order valence-corrected chi connectivity index (χ2v) is 9.06. The molecular formula is C20H18ClN3O2S. The average Bonchev–Trinajstić information content (AvgIpc) is 3.45. The first-order valence-electron chi connectivity index (χ1n) is 8.78. The van der Waals surface area contributed by atoms with Gasteiger partial charge in [-0.2, -0.15) is 5.26 Å². The Morgan fingerprint density at radius 2 is 1.93 bits per heavy atom. The number of halogens is 1. The molecule has 5 nitrogen and oxygen atoms in total. The molecule has 138 valence electrons. The van der Waals surface area contributed by atoms with E-state index < -0.39 is 10.0 Å². The highest BCUT2D eigenvalue weighted by Gasteiger charge is 2.35. The summed E-state index contributed by atoms with van der Waals surface area (Å²) >= 11 is 6.13. The Kier molecular flexibility index (Phi) is 4.37. The van der Waals surface area contributed by atoms with Crippen molar-refractivity contribution in [1.29, 1.82) is 5.26 Å². The lowest BCUT2D eigenvalue weighted by molar-refractivity contribution is 0.600. The van der Waals surface area contributed by atoms with Gasteiger partial charge in [0.05, 0.1) is 16.5 Å². The molecule has 1 heterocycles. The molecule has 1 saturated carbocycles. The summed E-state index contributed by atoms with van der Waals surface area (Å²) in [5.41, 5.74) is 3.72. The van der Waals surface area contributed by atoms with Crippen LogP contribution < -0.4 is 4.72 Å². The summed E-state index contributed by atoms with van der Waals surface area (Å²) < 4.78 is 28.9. The van der Waals surface area contributed by atoms with Gasteiger partial charge in [0.1, 0.15) is 6.07 Å². The summed E-state index contributed by atoms with van der Waals surface area (Å²) in [6.45, 7) is 2.72. The summed E-state index contributed by atoms with van der Waals surface area (Å²) in [6, 6.07) is 15.0. The van der Waals surface area contributed by atoms with Crippen molar-refractivity contribution >= 4 is 38.2 Å². The minimum Gasteiger partial charge on any atom is -0.340 e. The molecule has 1 N–H and O–H groups in total. The Morgan fingerprint density at radius 3 is 2.52 bits per heavy atom. The lowest BCUT2D eigenvalue weighted by Gasteiger charge is -2.11. The van der Waals surface area contributed by atoms with Crippen molar-refractivity contribution in [3.8, 4) is 17.3 Å². The molecule has 27 heavy (non-hydrogen) atoms. The Labute approximate surface area is 163 Å². The highest BCUT2D eigenvalue weighted by Crippen LogP contribution is 2.36. The van der Waals surface area contributed by atoms with Crippen molar-refractivity contribution in [2.24, 2.45) is 0 Å². The van der Waals surface area contributed by atoms with Gasteiger partial charge in [-0.3, -0.25) is 4.72 Å². The summed E-state index contributed by atoms with van der Waals surface area (Å²) in [6.07, 6.45) is 1.44. The molecule has 0 bridgehead atoms. The van der Waals surface area contributed by atoms with Gasteiger partial charge in [0, 0.05) is 28.2 Å². The molecule has 1 aliphatic rings. The van der Waals surface area contributed by atoms with Crippen molar-refractivity contribution < 1.29 is 8.42 Å². The fourth-order valence-electron chi connectivity index (χ4n) is 3.39. The van der Waals surface area contributed by atoms with Crippen LogP contribution in [0.25, 0.3) is 22.2 Å². The largest absolute Gasteiger partial charge is 0.340 e. The van der Waals surface area contributed by atoms with Crippen LogP contribution in [0.5, 0.6) is 0 Å². The van der Waals surface area contributed by atoms with Crippen LogP contribution in [-0.2, 0) is 16.6 Å². The zero-order valence-corrected chi connectivity index (χ0v) is 16.3. The van der Waals surface area contributed by atoms with E-state index in [0.717, 1.165) is 35.0 Å². The van der Waals surface area contributed by atoms with E-state index in [1.807, 2.05) is 37.3 Å². The van der Waals surface area contributed by atoms with Crippen molar-refractivity contribution in [3.05, 3.63) is 53.1 Å². The predicted molar refractivity (Wildman–Crippen MR) is 108 cm³/mol. The van der Waals surface area contributed by atoms with Crippen LogP contribution in [0.4, 0.5) is 5.69 Å². The third-order valence-electron chi connectivity index (χ3n) is 4.84. The van der Waals surface area contributed by atoms with Crippen LogP contribution in [0.1, 0.15) is 25.3 Å². The second kappa shape index (κ2) is 6.59. The predicted octanol–water partition coefficient (Wildman–Crippen LogP) is 4.76. The number of nitrogens with one attached hydrogen (secondary N) is 1. The van der Waals surface area contributed by atoms with E-state index in [0.29, 0.717) is 22.8 Å². The second-order valence-electron chi connectivity index (χ2n) is 6.66. The summed E-state index contributed by atoms with van der Waals surface area (Å²) in [5.74, 6) is 0. The molecule has 0 atom stereocenters. The highest BCUT2D eigenvalue weighted by atomic mass is 35.5. The van der Waals surface area contributed by atoms with Gasteiger partial charge in [-0.1, -0.05) is 23.7 Å². The molecule has 2 aromatic carbocycles. The van der Waals surface area contributed by atoms with E-state index in [2.05, 4.69) is 15.4 Å². The van der Waals surface area contributed by atoms with E-state index in [1.54, 1.807) is 12.1 Å². The number of sulfonamides is 1. The van der Waals surface area contributed by atoms with Gasteiger partial charge in [0.25, 0.3) is 0 Å². The number of nitriles is 1. The third-order valence-corrected chi connectivity index (χ3v) is 6.94. The van der Waals surface area contributed by atoms with E-state index in [1.165, 1.54) is 0 Å². The maximum Gasteiger partial charge on any atom is 0.235 e.